The lowest BCUT2D eigenvalue weighted by atomic mass is 10.1. The van der Waals surface area contributed by atoms with Gasteiger partial charge >= 0.3 is 0 Å². The molecule has 1 aromatic heterocycles. The minimum atomic E-state index is -0.212. The second-order valence-corrected chi connectivity index (χ2v) is 4.40. The first kappa shape index (κ1) is 11.5. The van der Waals surface area contributed by atoms with Crippen LogP contribution in [0.5, 0.6) is 5.75 Å². The molecule has 0 aliphatic heterocycles. The Morgan fingerprint density at radius 3 is 2.82 bits per heavy atom. The van der Waals surface area contributed by atoms with Crippen LogP contribution >= 0.6 is 11.3 Å². The van der Waals surface area contributed by atoms with Crippen LogP contribution < -0.4 is 0 Å². The first-order valence-electron chi connectivity index (χ1n) is 5.09. The summed E-state index contributed by atoms with van der Waals surface area (Å²) >= 11 is 1.48. The number of carbonyl (C=O) groups is 1. The predicted molar refractivity (Wildman–Crippen MR) is 68.3 cm³/mol. The van der Waals surface area contributed by atoms with E-state index in [1.54, 1.807) is 29.8 Å². The number of aromatic hydroxyl groups is 1. The number of phenols is 1. The highest BCUT2D eigenvalue weighted by Gasteiger charge is 2.06. The molecule has 0 saturated heterocycles. The molecule has 0 aliphatic rings. The van der Waals surface area contributed by atoms with E-state index in [2.05, 4.69) is 4.98 Å². The van der Waals surface area contributed by atoms with Gasteiger partial charge in [0.1, 0.15) is 5.75 Å². The first-order valence-corrected chi connectivity index (χ1v) is 5.97. The van der Waals surface area contributed by atoms with Crippen molar-refractivity contribution in [3.8, 4) is 5.75 Å². The number of hydrogen-bond donors (Lipinski definition) is 1. The molecule has 1 aromatic carbocycles. The van der Waals surface area contributed by atoms with Gasteiger partial charge in [0.05, 0.1) is 16.8 Å². The zero-order chi connectivity index (χ0) is 12.3. The van der Waals surface area contributed by atoms with E-state index in [1.165, 1.54) is 23.5 Å². The number of rotatable bonds is 3. The van der Waals surface area contributed by atoms with E-state index in [4.69, 9.17) is 0 Å². The Balaban J connectivity index is 2.21. The van der Waals surface area contributed by atoms with E-state index in [1.807, 2.05) is 6.92 Å². The van der Waals surface area contributed by atoms with Gasteiger partial charge in [-0.05, 0) is 31.2 Å². The van der Waals surface area contributed by atoms with Gasteiger partial charge in [0.2, 0.25) is 0 Å². The summed E-state index contributed by atoms with van der Waals surface area (Å²) in [6.45, 7) is 1.89. The number of hydrogen-bond acceptors (Lipinski definition) is 4. The van der Waals surface area contributed by atoms with Crippen molar-refractivity contribution in [1.29, 1.82) is 0 Å². The number of benzene rings is 1. The second-order valence-electron chi connectivity index (χ2n) is 3.52. The molecule has 0 bridgehead atoms. The van der Waals surface area contributed by atoms with E-state index in [-0.39, 0.29) is 11.5 Å². The van der Waals surface area contributed by atoms with Crippen LogP contribution in [-0.4, -0.2) is 15.9 Å². The Morgan fingerprint density at radius 2 is 2.18 bits per heavy atom. The number of carbonyl (C=O) groups excluding carboxylic acids is 1. The standard InChI is InChI=1S/C13H11NO2S/c1-9-13(17-8-14-9)7-6-12(16)10-4-2-3-5-11(10)15/h2-8,15H,1H3. The predicted octanol–water partition coefficient (Wildman–Crippen LogP) is 3.05. The third kappa shape index (κ3) is 2.60. The van der Waals surface area contributed by atoms with E-state index < -0.39 is 0 Å². The smallest absolute Gasteiger partial charge is 0.189 e. The zero-order valence-corrected chi connectivity index (χ0v) is 10.1. The molecule has 4 heteroatoms. The molecule has 0 saturated carbocycles. The third-order valence-corrected chi connectivity index (χ3v) is 3.23. The maximum atomic E-state index is 11.8. The molecule has 0 aliphatic carbocycles. The van der Waals surface area contributed by atoms with Gasteiger partial charge in [0.15, 0.2) is 5.78 Å². The van der Waals surface area contributed by atoms with Crippen LogP contribution in [0.3, 0.4) is 0 Å². The monoisotopic (exact) mass is 245 g/mol. The number of allylic oxidation sites excluding steroid dienone is 1. The lowest BCUT2D eigenvalue weighted by Crippen LogP contribution is -1.94. The van der Waals surface area contributed by atoms with Gasteiger partial charge in [-0.1, -0.05) is 12.1 Å². The Bertz CT molecular complexity index is 572. The molecule has 2 aromatic rings. The van der Waals surface area contributed by atoms with Crippen LogP contribution in [0.4, 0.5) is 0 Å². The fraction of sp³-hybridized carbons (Fsp3) is 0.0769. The summed E-state index contributed by atoms with van der Waals surface area (Å²) in [6, 6.07) is 6.50. The summed E-state index contributed by atoms with van der Waals surface area (Å²) in [5.41, 5.74) is 2.95. The van der Waals surface area contributed by atoms with Crippen molar-refractivity contribution in [3.05, 3.63) is 52.0 Å². The normalized spacial score (nSPS) is 10.9. The molecule has 86 valence electrons. The number of ketones is 1. The van der Waals surface area contributed by atoms with Crippen LogP contribution in [0.1, 0.15) is 20.9 Å². The highest BCUT2D eigenvalue weighted by Crippen LogP contribution is 2.18. The lowest BCUT2D eigenvalue weighted by molar-refractivity contribution is 0.104. The molecular formula is C13H11NO2S. The minimum Gasteiger partial charge on any atom is -0.507 e. The molecule has 2 rings (SSSR count). The number of nitrogens with zero attached hydrogens (tertiary/aromatic N) is 1. The Kier molecular flexibility index (Phi) is 3.35. The quantitative estimate of drug-likeness (QED) is 0.668. The van der Waals surface area contributed by atoms with Crippen molar-refractivity contribution in [1.82, 2.24) is 4.98 Å². The van der Waals surface area contributed by atoms with Crippen molar-refractivity contribution < 1.29 is 9.90 Å². The summed E-state index contributed by atoms with van der Waals surface area (Å²) in [5.74, 6) is -0.209. The highest BCUT2D eigenvalue weighted by molar-refractivity contribution is 7.10. The molecule has 0 spiro atoms. The summed E-state index contributed by atoms with van der Waals surface area (Å²) in [5, 5.41) is 9.53. The van der Waals surface area contributed by atoms with E-state index in [0.717, 1.165) is 10.6 Å². The SMILES string of the molecule is Cc1ncsc1C=CC(=O)c1ccccc1O. The van der Waals surface area contributed by atoms with Crippen molar-refractivity contribution >= 4 is 23.2 Å². The third-order valence-electron chi connectivity index (χ3n) is 2.34. The lowest BCUT2D eigenvalue weighted by Gasteiger charge is -1.98. The number of phenolic OH excluding ortho intramolecular Hbond substituents is 1. The number of aryl methyl sites for hydroxylation is 1. The molecular weight excluding hydrogens is 234 g/mol. The molecule has 0 unspecified atom stereocenters. The topological polar surface area (TPSA) is 50.2 Å². The fourth-order valence-corrected chi connectivity index (χ4v) is 2.09. The second kappa shape index (κ2) is 4.93. The largest absolute Gasteiger partial charge is 0.507 e. The van der Waals surface area contributed by atoms with Gasteiger partial charge in [-0.3, -0.25) is 4.79 Å². The number of para-hydroxylation sites is 1. The van der Waals surface area contributed by atoms with Crippen LogP contribution in [0.15, 0.2) is 35.9 Å². The number of aromatic nitrogens is 1. The van der Waals surface area contributed by atoms with Crippen LogP contribution in [0.25, 0.3) is 6.08 Å². The van der Waals surface area contributed by atoms with E-state index in [9.17, 15) is 9.90 Å². The maximum Gasteiger partial charge on any atom is 0.189 e. The van der Waals surface area contributed by atoms with Crippen LogP contribution in [-0.2, 0) is 0 Å². The van der Waals surface area contributed by atoms with Gasteiger partial charge in [-0.25, -0.2) is 4.98 Å². The van der Waals surface area contributed by atoms with Crippen LogP contribution in [0, 0.1) is 6.92 Å². The Labute approximate surface area is 103 Å². The Hall–Kier alpha value is -1.94. The summed E-state index contributed by atoms with van der Waals surface area (Å²) in [7, 11) is 0. The fourth-order valence-electron chi connectivity index (χ4n) is 1.39. The van der Waals surface area contributed by atoms with E-state index >= 15 is 0 Å². The van der Waals surface area contributed by atoms with Gasteiger partial charge in [-0.2, -0.15) is 0 Å². The highest BCUT2D eigenvalue weighted by atomic mass is 32.1. The van der Waals surface area contributed by atoms with Gasteiger partial charge in [0, 0.05) is 4.88 Å². The molecule has 17 heavy (non-hydrogen) atoms. The first-order chi connectivity index (χ1) is 8.18. The molecule has 0 fully saturated rings. The molecule has 0 radical (unpaired) electrons. The molecule has 1 N–H and O–H groups in total. The average molecular weight is 245 g/mol. The summed E-state index contributed by atoms with van der Waals surface area (Å²) < 4.78 is 0. The van der Waals surface area contributed by atoms with Crippen molar-refractivity contribution in [2.45, 2.75) is 6.92 Å². The summed E-state index contributed by atoms with van der Waals surface area (Å²) in [4.78, 5) is 16.9. The summed E-state index contributed by atoms with van der Waals surface area (Å²) in [6.07, 6.45) is 3.18. The van der Waals surface area contributed by atoms with Gasteiger partial charge in [-0.15, -0.1) is 11.3 Å². The van der Waals surface area contributed by atoms with Crippen LogP contribution in [0.2, 0.25) is 0 Å². The van der Waals surface area contributed by atoms with Gasteiger partial charge in [0.25, 0.3) is 0 Å². The van der Waals surface area contributed by atoms with Crippen molar-refractivity contribution in [2.75, 3.05) is 0 Å². The minimum absolute atomic E-state index is 0.00294. The van der Waals surface area contributed by atoms with E-state index in [0.29, 0.717) is 5.56 Å². The maximum absolute atomic E-state index is 11.8. The molecule has 0 atom stereocenters. The number of thiazole rings is 1. The van der Waals surface area contributed by atoms with Gasteiger partial charge < -0.3 is 5.11 Å². The molecule has 3 nitrogen and oxygen atoms in total. The average Bonchev–Trinajstić information content (AvgIpc) is 2.72. The zero-order valence-electron chi connectivity index (χ0n) is 9.25. The van der Waals surface area contributed by atoms with Crippen molar-refractivity contribution in [2.24, 2.45) is 0 Å². The van der Waals surface area contributed by atoms with Crippen molar-refractivity contribution in [3.63, 3.8) is 0 Å². The molecule has 0 amide bonds. The Morgan fingerprint density at radius 1 is 1.41 bits per heavy atom. The molecule has 1 heterocycles.